The maximum absolute atomic E-state index is 11.5. The highest BCUT2D eigenvalue weighted by atomic mass is 16.5. The Kier molecular flexibility index (Phi) is 6.52. The number of benzene rings is 1. The van der Waals surface area contributed by atoms with E-state index < -0.39 is 5.97 Å². The lowest BCUT2D eigenvalue weighted by Gasteiger charge is -2.13. The van der Waals surface area contributed by atoms with Crippen LogP contribution in [-0.2, 0) is 11.2 Å². The second-order valence-corrected chi connectivity index (χ2v) is 4.51. The molecule has 0 saturated heterocycles. The summed E-state index contributed by atoms with van der Waals surface area (Å²) in [6.07, 6.45) is 0.577. The number of carbonyl (C=O) groups is 2. The molecular formula is C14H20N2O4. The van der Waals surface area contributed by atoms with Gasteiger partial charge in [0.2, 0.25) is 0 Å². The predicted molar refractivity (Wildman–Crippen MR) is 75.0 cm³/mol. The standard InChI is InChI=1S/C14H20N2O4/c1-10(9-20-2)16-14(19)15-7-6-11-4-3-5-12(8-11)13(17)18/h3-5,8,10H,6-7,9H2,1-2H3,(H,17,18)(H2,15,16,19). The van der Waals surface area contributed by atoms with Gasteiger partial charge < -0.3 is 20.5 Å². The highest BCUT2D eigenvalue weighted by molar-refractivity contribution is 5.87. The van der Waals surface area contributed by atoms with E-state index in [2.05, 4.69) is 10.6 Å². The number of hydrogen-bond acceptors (Lipinski definition) is 3. The van der Waals surface area contributed by atoms with E-state index in [1.165, 1.54) is 0 Å². The van der Waals surface area contributed by atoms with Crippen molar-refractivity contribution in [3.05, 3.63) is 35.4 Å². The van der Waals surface area contributed by atoms with E-state index in [0.717, 1.165) is 5.56 Å². The molecule has 110 valence electrons. The van der Waals surface area contributed by atoms with Gasteiger partial charge in [0.1, 0.15) is 0 Å². The zero-order valence-corrected chi connectivity index (χ0v) is 11.7. The molecule has 0 aliphatic heterocycles. The van der Waals surface area contributed by atoms with Gasteiger partial charge in [-0.25, -0.2) is 9.59 Å². The Hall–Kier alpha value is -2.08. The first-order valence-electron chi connectivity index (χ1n) is 6.38. The molecule has 20 heavy (non-hydrogen) atoms. The van der Waals surface area contributed by atoms with E-state index in [4.69, 9.17) is 9.84 Å². The van der Waals surface area contributed by atoms with E-state index in [1.54, 1.807) is 25.3 Å². The van der Waals surface area contributed by atoms with Gasteiger partial charge in [0, 0.05) is 13.7 Å². The quantitative estimate of drug-likeness (QED) is 0.701. The number of rotatable bonds is 7. The molecule has 0 spiro atoms. The first-order valence-corrected chi connectivity index (χ1v) is 6.38. The Balaban J connectivity index is 2.35. The zero-order chi connectivity index (χ0) is 15.0. The van der Waals surface area contributed by atoms with Crippen LogP contribution < -0.4 is 10.6 Å². The minimum absolute atomic E-state index is 0.0599. The fraction of sp³-hybridized carbons (Fsp3) is 0.429. The van der Waals surface area contributed by atoms with Crippen LogP contribution in [0, 0.1) is 0 Å². The molecule has 0 radical (unpaired) electrons. The molecule has 1 unspecified atom stereocenters. The molecule has 0 saturated carbocycles. The SMILES string of the molecule is COCC(C)NC(=O)NCCc1cccc(C(=O)O)c1. The fourth-order valence-electron chi connectivity index (χ4n) is 1.75. The molecule has 1 aromatic rings. The van der Waals surface area contributed by atoms with Crippen molar-refractivity contribution in [1.29, 1.82) is 0 Å². The van der Waals surface area contributed by atoms with Gasteiger partial charge in [-0.15, -0.1) is 0 Å². The smallest absolute Gasteiger partial charge is 0.335 e. The number of hydrogen-bond donors (Lipinski definition) is 3. The summed E-state index contributed by atoms with van der Waals surface area (Å²) in [7, 11) is 1.57. The fourth-order valence-corrected chi connectivity index (χ4v) is 1.75. The van der Waals surface area contributed by atoms with Crippen LogP contribution in [0.3, 0.4) is 0 Å². The van der Waals surface area contributed by atoms with Gasteiger partial charge in [0.05, 0.1) is 18.2 Å². The van der Waals surface area contributed by atoms with Gasteiger partial charge in [-0.2, -0.15) is 0 Å². The van der Waals surface area contributed by atoms with E-state index in [9.17, 15) is 9.59 Å². The van der Waals surface area contributed by atoms with Crippen molar-refractivity contribution >= 4 is 12.0 Å². The number of carboxylic acid groups (broad SMARTS) is 1. The summed E-state index contributed by atoms with van der Waals surface area (Å²) in [6, 6.07) is 6.35. The Labute approximate surface area is 118 Å². The van der Waals surface area contributed by atoms with Crippen molar-refractivity contribution in [2.45, 2.75) is 19.4 Å². The van der Waals surface area contributed by atoms with Crippen LogP contribution in [0.15, 0.2) is 24.3 Å². The normalized spacial score (nSPS) is 11.7. The Morgan fingerprint density at radius 3 is 2.80 bits per heavy atom. The maximum Gasteiger partial charge on any atom is 0.335 e. The lowest BCUT2D eigenvalue weighted by atomic mass is 10.1. The topological polar surface area (TPSA) is 87.7 Å². The van der Waals surface area contributed by atoms with Crippen molar-refractivity contribution in [2.75, 3.05) is 20.3 Å². The van der Waals surface area contributed by atoms with Gasteiger partial charge in [-0.05, 0) is 31.0 Å². The van der Waals surface area contributed by atoms with Crippen LogP contribution in [0.2, 0.25) is 0 Å². The van der Waals surface area contributed by atoms with Crippen molar-refractivity contribution in [1.82, 2.24) is 10.6 Å². The average Bonchev–Trinajstić information content (AvgIpc) is 2.39. The third-order valence-electron chi connectivity index (χ3n) is 2.67. The van der Waals surface area contributed by atoms with E-state index in [1.807, 2.05) is 13.0 Å². The van der Waals surface area contributed by atoms with Crippen molar-refractivity contribution in [3.8, 4) is 0 Å². The molecule has 1 aromatic carbocycles. The molecule has 3 N–H and O–H groups in total. The molecule has 2 amide bonds. The molecule has 1 atom stereocenters. The molecule has 1 rings (SSSR count). The molecule has 0 aromatic heterocycles. The third kappa shape index (κ3) is 5.71. The molecule has 0 aliphatic rings. The number of amides is 2. The average molecular weight is 280 g/mol. The summed E-state index contributed by atoms with van der Waals surface area (Å²) in [4.78, 5) is 22.3. The monoisotopic (exact) mass is 280 g/mol. The van der Waals surface area contributed by atoms with Gasteiger partial charge in [0.15, 0.2) is 0 Å². The highest BCUT2D eigenvalue weighted by Crippen LogP contribution is 2.05. The molecule has 0 fully saturated rings. The van der Waals surface area contributed by atoms with Crippen molar-refractivity contribution < 1.29 is 19.4 Å². The van der Waals surface area contributed by atoms with Crippen LogP contribution in [0.1, 0.15) is 22.8 Å². The van der Waals surface area contributed by atoms with Gasteiger partial charge in [0.25, 0.3) is 0 Å². The molecule has 0 bridgehead atoms. The summed E-state index contributed by atoms with van der Waals surface area (Å²) in [5.41, 5.74) is 1.12. The molecule has 6 heteroatoms. The van der Waals surface area contributed by atoms with E-state index in [0.29, 0.717) is 19.6 Å². The molecule has 0 heterocycles. The first-order chi connectivity index (χ1) is 9.52. The van der Waals surface area contributed by atoms with Crippen LogP contribution in [-0.4, -0.2) is 43.4 Å². The number of urea groups is 1. The summed E-state index contributed by atoms with van der Waals surface area (Å²) in [6.45, 7) is 2.74. The lowest BCUT2D eigenvalue weighted by Crippen LogP contribution is -2.43. The Morgan fingerprint density at radius 1 is 1.40 bits per heavy atom. The maximum atomic E-state index is 11.5. The van der Waals surface area contributed by atoms with Crippen LogP contribution in [0.25, 0.3) is 0 Å². The number of methoxy groups -OCH3 is 1. The molecule has 6 nitrogen and oxygen atoms in total. The summed E-state index contributed by atoms with van der Waals surface area (Å²) in [5.74, 6) is -0.953. The van der Waals surface area contributed by atoms with Crippen molar-refractivity contribution in [3.63, 3.8) is 0 Å². The van der Waals surface area contributed by atoms with Gasteiger partial charge >= 0.3 is 12.0 Å². The first kappa shape index (κ1) is 16.0. The third-order valence-corrected chi connectivity index (χ3v) is 2.67. The number of ether oxygens (including phenoxy) is 1. The summed E-state index contributed by atoms with van der Waals surface area (Å²) < 4.78 is 4.92. The summed E-state index contributed by atoms with van der Waals surface area (Å²) in [5, 5.41) is 14.3. The number of aromatic carboxylic acids is 1. The van der Waals surface area contributed by atoms with E-state index in [-0.39, 0.29) is 17.6 Å². The molecule has 0 aliphatic carbocycles. The number of carbonyl (C=O) groups excluding carboxylic acids is 1. The van der Waals surface area contributed by atoms with Crippen molar-refractivity contribution in [2.24, 2.45) is 0 Å². The van der Waals surface area contributed by atoms with Gasteiger partial charge in [-0.3, -0.25) is 0 Å². The Bertz CT molecular complexity index is 462. The number of carboxylic acids is 1. The largest absolute Gasteiger partial charge is 0.478 e. The second-order valence-electron chi connectivity index (χ2n) is 4.51. The van der Waals surface area contributed by atoms with Crippen LogP contribution >= 0.6 is 0 Å². The second kappa shape index (κ2) is 8.16. The Morgan fingerprint density at radius 2 is 2.15 bits per heavy atom. The lowest BCUT2D eigenvalue weighted by molar-refractivity contribution is 0.0696. The van der Waals surface area contributed by atoms with Gasteiger partial charge in [-0.1, -0.05) is 12.1 Å². The minimum Gasteiger partial charge on any atom is -0.478 e. The van der Waals surface area contributed by atoms with Crippen LogP contribution in [0.4, 0.5) is 4.79 Å². The minimum atomic E-state index is -0.953. The van der Waals surface area contributed by atoms with E-state index >= 15 is 0 Å². The molecular weight excluding hydrogens is 260 g/mol. The highest BCUT2D eigenvalue weighted by Gasteiger charge is 2.06. The predicted octanol–water partition coefficient (Wildman–Crippen LogP) is 1.26. The van der Waals surface area contributed by atoms with Crippen LogP contribution in [0.5, 0.6) is 0 Å². The summed E-state index contributed by atoms with van der Waals surface area (Å²) >= 11 is 0. The zero-order valence-electron chi connectivity index (χ0n) is 11.7. The number of nitrogens with one attached hydrogen (secondary N) is 2.